The third-order valence-corrected chi connectivity index (χ3v) is 2.13. The number of anilines is 1. The Hall–Kier alpha value is -2.50. The zero-order valence-electron chi connectivity index (χ0n) is 9.61. The van der Waals surface area contributed by atoms with E-state index in [1.54, 1.807) is 5.32 Å². The predicted molar refractivity (Wildman–Crippen MR) is 58.1 cm³/mol. The van der Waals surface area contributed by atoms with Crippen LogP contribution in [0.15, 0.2) is 12.1 Å². The van der Waals surface area contributed by atoms with Crippen LogP contribution in [0.25, 0.3) is 0 Å². The van der Waals surface area contributed by atoms with Crippen LogP contribution in [0.1, 0.15) is 12.0 Å². The van der Waals surface area contributed by atoms with Crippen molar-refractivity contribution in [3.63, 3.8) is 0 Å². The highest BCUT2D eigenvalue weighted by atomic mass is 19.4. The lowest BCUT2D eigenvalue weighted by molar-refractivity contribution is -0.116. The van der Waals surface area contributed by atoms with Gasteiger partial charge in [0.15, 0.2) is 0 Å². The van der Waals surface area contributed by atoms with Gasteiger partial charge in [-0.25, -0.2) is 8.78 Å². The number of rotatable bonds is 3. The third-order valence-electron chi connectivity index (χ3n) is 2.13. The van der Waals surface area contributed by atoms with Crippen molar-refractivity contribution >= 4 is 17.3 Å². The third kappa shape index (κ3) is 3.74. The molecule has 0 aromatic heterocycles. The van der Waals surface area contributed by atoms with Crippen LogP contribution in [0.5, 0.6) is 0 Å². The molecule has 0 saturated carbocycles. The molecule has 0 aliphatic heterocycles. The molecular formula is C11H6F5N3O. The van der Waals surface area contributed by atoms with Gasteiger partial charge in [0.05, 0.1) is 17.7 Å². The number of halogens is 5. The molecule has 1 rings (SSSR count). The Balaban J connectivity index is 2.85. The van der Waals surface area contributed by atoms with Gasteiger partial charge in [-0.3, -0.25) is 4.79 Å². The molecule has 0 spiro atoms. The topological polar surface area (TPSA) is 76.7 Å². The summed E-state index contributed by atoms with van der Waals surface area (Å²) in [4.78, 5) is 11.2. The molecule has 0 fully saturated rings. The number of carbonyl (C=O) groups excluding carboxylic acids is 1. The first-order chi connectivity index (χ1) is 9.15. The molecule has 20 heavy (non-hydrogen) atoms. The van der Waals surface area contributed by atoms with E-state index in [2.05, 4.69) is 0 Å². The van der Waals surface area contributed by atoms with Gasteiger partial charge >= 0.3 is 6.18 Å². The lowest BCUT2D eigenvalue weighted by Crippen LogP contribution is -2.27. The highest BCUT2D eigenvalue weighted by Gasteiger charge is 2.35. The quantitative estimate of drug-likeness (QED) is 0.663. The molecule has 0 heterocycles. The number of amides is 1. The van der Waals surface area contributed by atoms with Crippen molar-refractivity contribution in [3.05, 3.63) is 29.3 Å². The van der Waals surface area contributed by atoms with Gasteiger partial charge in [0.25, 0.3) is 0 Å². The second-order valence-electron chi connectivity index (χ2n) is 3.62. The van der Waals surface area contributed by atoms with Crippen LogP contribution in [-0.2, 0) is 4.79 Å². The van der Waals surface area contributed by atoms with Crippen LogP contribution in [-0.4, -0.2) is 17.8 Å². The molecule has 0 atom stereocenters. The summed E-state index contributed by atoms with van der Waals surface area (Å²) in [6.07, 6.45) is -6.30. The molecule has 0 bridgehead atoms. The fourth-order valence-electron chi connectivity index (χ4n) is 1.18. The van der Waals surface area contributed by atoms with E-state index in [-0.39, 0.29) is 0 Å². The smallest absolute Gasteiger partial charge is 0.323 e. The van der Waals surface area contributed by atoms with Crippen LogP contribution in [0, 0.1) is 28.4 Å². The Morgan fingerprint density at radius 2 is 1.90 bits per heavy atom. The summed E-state index contributed by atoms with van der Waals surface area (Å²) in [6.45, 7) is 0. The highest BCUT2D eigenvalue weighted by molar-refractivity contribution is 6.07. The Morgan fingerprint density at radius 3 is 2.40 bits per heavy atom. The molecule has 0 saturated heterocycles. The van der Waals surface area contributed by atoms with Crippen molar-refractivity contribution in [1.82, 2.24) is 0 Å². The average Bonchev–Trinajstić information content (AvgIpc) is 2.32. The van der Waals surface area contributed by atoms with E-state index in [0.717, 1.165) is 0 Å². The fourth-order valence-corrected chi connectivity index (χ4v) is 1.18. The number of nitrogens with one attached hydrogen (secondary N) is 2. The van der Waals surface area contributed by atoms with Gasteiger partial charge in [-0.05, 0) is 6.07 Å². The average molecular weight is 291 g/mol. The van der Waals surface area contributed by atoms with Gasteiger partial charge in [-0.15, -0.1) is 0 Å². The minimum atomic E-state index is -4.97. The van der Waals surface area contributed by atoms with Gasteiger partial charge in [-0.2, -0.15) is 18.4 Å². The van der Waals surface area contributed by atoms with Crippen molar-refractivity contribution < 1.29 is 26.7 Å². The second kappa shape index (κ2) is 5.64. The maximum absolute atomic E-state index is 13.3. The predicted octanol–water partition coefficient (Wildman–Crippen LogP) is 2.75. The zero-order chi connectivity index (χ0) is 15.5. The molecular weight excluding hydrogens is 285 g/mol. The van der Waals surface area contributed by atoms with Crippen LogP contribution in [0.4, 0.5) is 27.6 Å². The summed E-state index contributed by atoms with van der Waals surface area (Å²) in [5.41, 5.74) is -3.13. The summed E-state index contributed by atoms with van der Waals surface area (Å²) >= 11 is 0. The Kier molecular flexibility index (Phi) is 4.39. The SMILES string of the molecule is N#Cc1cc(F)c(NC(=O)CC(=N)C(F)(F)F)cc1F. The van der Waals surface area contributed by atoms with Crippen molar-refractivity contribution in [3.8, 4) is 6.07 Å². The Labute approximate surface area is 109 Å². The normalized spacial score (nSPS) is 10.8. The standard InChI is InChI=1S/C11H6F5N3O/c12-6-2-8(7(13)1-5(6)4-17)19-10(20)3-9(18)11(14,15)16/h1-2,18H,3H2,(H,19,20). The Morgan fingerprint density at radius 1 is 1.30 bits per heavy atom. The molecule has 106 valence electrons. The van der Waals surface area contributed by atoms with E-state index in [0.29, 0.717) is 12.1 Å². The second-order valence-corrected chi connectivity index (χ2v) is 3.62. The molecule has 0 radical (unpaired) electrons. The van der Waals surface area contributed by atoms with Crippen molar-refractivity contribution in [1.29, 1.82) is 10.7 Å². The van der Waals surface area contributed by atoms with Crippen molar-refractivity contribution in [2.75, 3.05) is 5.32 Å². The number of alkyl halides is 3. The summed E-state index contributed by atoms with van der Waals surface area (Å²) in [5.74, 6) is -3.62. The maximum atomic E-state index is 13.3. The molecule has 9 heteroatoms. The summed E-state index contributed by atoms with van der Waals surface area (Å²) in [7, 11) is 0. The number of nitrogens with zero attached hydrogens (tertiary/aromatic N) is 1. The molecule has 1 amide bonds. The summed E-state index contributed by atoms with van der Waals surface area (Å²) in [5, 5.41) is 16.7. The number of hydrogen-bond donors (Lipinski definition) is 2. The Bertz CT molecular complexity index is 603. The van der Waals surface area contributed by atoms with Crippen LogP contribution >= 0.6 is 0 Å². The fraction of sp³-hybridized carbons (Fsp3) is 0.182. The first-order valence-corrected chi connectivity index (χ1v) is 4.98. The van der Waals surface area contributed by atoms with Crippen molar-refractivity contribution in [2.45, 2.75) is 12.6 Å². The van der Waals surface area contributed by atoms with Crippen LogP contribution in [0.2, 0.25) is 0 Å². The van der Waals surface area contributed by atoms with Crippen LogP contribution < -0.4 is 5.32 Å². The number of hydrogen-bond acceptors (Lipinski definition) is 3. The summed E-state index contributed by atoms with van der Waals surface area (Å²) in [6, 6.07) is 2.33. The van der Waals surface area contributed by atoms with E-state index < -0.39 is 47.1 Å². The lowest BCUT2D eigenvalue weighted by Gasteiger charge is -2.09. The largest absolute Gasteiger partial charge is 0.429 e. The van der Waals surface area contributed by atoms with E-state index in [1.165, 1.54) is 6.07 Å². The minimum Gasteiger partial charge on any atom is -0.323 e. The molecule has 0 aliphatic carbocycles. The molecule has 0 aliphatic rings. The molecule has 1 aromatic carbocycles. The minimum absolute atomic E-state index is 0.475. The van der Waals surface area contributed by atoms with Gasteiger partial charge in [0.1, 0.15) is 23.4 Å². The van der Waals surface area contributed by atoms with Gasteiger partial charge < -0.3 is 10.7 Å². The summed E-state index contributed by atoms with van der Waals surface area (Å²) < 4.78 is 62.6. The van der Waals surface area contributed by atoms with Gasteiger partial charge in [0, 0.05) is 6.07 Å². The lowest BCUT2D eigenvalue weighted by atomic mass is 10.2. The van der Waals surface area contributed by atoms with Crippen LogP contribution in [0.3, 0.4) is 0 Å². The van der Waals surface area contributed by atoms with Gasteiger partial charge in [-0.1, -0.05) is 0 Å². The zero-order valence-corrected chi connectivity index (χ0v) is 9.61. The van der Waals surface area contributed by atoms with Crippen molar-refractivity contribution in [2.24, 2.45) is 0 Å². The monoisotopic (exact) mass is 291 g/mol. The van der Waals surface area contributed by atoms with E-state index in [4.69, 9.17) is 10.7 Å². The van der Waals surface area contributed by atoms with E-state index in [9.17, 15) is 26.7 Å². The van der Waals surface area contributed by atoms with E-state index >= 15 is 0 Å². The highest BCUT2D eigenvalue weighted by Crippen LogP contribution is 2.21. The van der Waals surface area contributed by atoms with E-state index in [1.807, 2.05) is 0 Å². The van der Waals surface area contributed by atoms with Gasteiger partial charge in [0.2, 0.25) is 5.91 Å². The number of carbonyl (C=O) groups is 1. The first-order valence-electron chi connectivity index (χ1n) is 4.98. The molecule has 4 nitrogen and oxygen atoms in total. The first kappa shape index (κ1) is 15.6. The molecule has 0 unspecified atom stereocenters. The maximum Gasteiger partial charge on any atom is 0.429 e. The number of benzene rings is 1. The number of nitriles is 1. The molecule has 2 N–H and O–H groups in total. The molecule has 1 aromatic rings.